The summed E-state index contributed by atoms with van der Waals surface area (Å²) in [7, 11) is -3.00. The van der Waals surface area contributed by atoms with Gasteiger partial charge in [-0.1, -0.05) is 212 Å². The second-order valence-corrected chi connectivity index (χ2v) is 20.3. The van der Waals surface area contributed by atoms with E-state index >= 15 is 0 Å². The van der Waals surface area contributed by atoms with E-state index in [1.165, 1.54) is 86.6 Å². The molecule has 1 atom stereocenters. The van der Waals surface area contributed by atoms with Gasteiger partial charge in [-0.3, -0.25) is 0 Å². The molecule has 0 aliphatic carbocycles. The first-order chi connectivity index (χ1) is 31.3. The molecule has 0 bridgehead atoms. The van der Waals surface area contributed by atoms with Crippen molar-refractivity contribution in [2.24, 2.45) is 0 Å². The monoisotopic (exact) mass is 818 g/mol. The smallest absolute Gasteiger partial charge is 0.179 e. The van der Waals surface area contributed by atoms with Crippen molar-refractivity contribution in [2.45, 2.75) is 0 Å². The van der Waals surface area contributed by atoms with Crippen LogP contribution in [0.3, 0.4) is 0 Å². The standard InChI is InChI=1S/C60H42N2Si/c1-5-19-43(20-6-1)45-35-37-50(38-36-45)63(49-27-11-4-12-28-49,51-29-17-23-46(41-51)44-21-7-2-8-22-44)52-30-18-26-48(42-52)61-57-34-16-14-32-55(57)59-58(61)40-39-54-53-31-13-15-33-56(53)62(60(54)59)47-24-9-3-10-25-47/h1-42H. The summed E-state index contributed by atoms with van der Waals surface area (Å²) in [6.07, 6.45) is 0. The maximum absolute atomic E-state index is 3.00. The Bertz CT molecular complexity index is 3590. The number of fused-ring (bicyclic) bond motifs is 7. The van der Waals surface area contributed by atoms with Crippen LogP contribution in [0.5, 0.6) is 0 Å². The maximum atomic E-state index is 2.50. The number of rotatable bonds is 8. The van der Waals surface area contributed by atoms with Crippen LogP contribution in [0.2, 0.25) is 0 Å². The number of nitrogens with zero attached hydrogens (tertiary/aromatic N) is 2. The largest absolute Gasteiger partial charge is 0.309 e. The van der Waals surface area contributed by atoms with Crippen LogP contribution in [0.4, 0.5) is 0 Å². The normalized spacial score (nSPS) is 12.6. The van der Waals surface area contributed by atoms with E-state index < -0.39 is 8.07 Å². The molecule has 2 aromatic heterocycles. The van der Waals surface area contributed by atoms with E-state index in [9.17, 15) is 0 Å². The molecule has 3 heteroatoms. The third-order valence-corrected chi connectivity index (χ3v) is 17.8. The first kappa shape index (κ1) is 36.8. The molecule has 2 nitrogen and oxygen atoms in total. The topological polar surface area (TPSA) is 9.86 Å². The third-order valence-electron chi connectivity index (χ3n) is 13.1. The second-order valence-electron chi connectivity index (χ2n) is 16.5. The summed E-state index contributed by atoms with van der Waals surface area (Å²) in [5, 5.41) is 10.4. The second kappa shape index (κ2) is 15.2. The lowest BCUT2D eigenvalue weighted by atomic mass is 10.1. The molecule has 0 saturated carbocycles. The molecule has 296 valence electrons. The third kappa shape index (κ3) is 5.93. The van der Waals surface area contributed by atoms with Gasteiger partial charge in [-0.15, -0.1) is 0 Å². The van der Waals surface area contributed by atoms with Crippen molar-refractivity contribution in [1.29, 1.82) is 0 Å². The zero-order valence-corrected chi connectivity index (χ0v) is 35.6. The van der Waals surface area contributed by atoms with Crippen LogP contribution in [0, 0.1) is 0 Å². The Labute approximate surface area is 368 Å². The number of hydrogen-bond acceptors (Lipinski definition) is 0. The van der Waals surface area contributed by atoms with Gasteiger partial charge >= 0.3 is 0 Å². The lowest BCUT2D eigenvalue weighted by Crippen LogP contribution is -2.74. The van der Waals surface area contributed by atoms with Crippen LogP contribution in [-0.2, 0) is 0 Å². The van der Waals surface area contributed by atoms with E-state index in [1.54, 1.807) is 0 Å². The van der Waals surface area contributed by atoms with Gasteiger partial charge in [0, 0.05) is 32.9 Å². The van der Waals surface area contributed by atoms with Crippen LogP contribution in [0.1, 0.15) is 0 Å². The molecule has 2 heterocycles. The molecule has 0 radical (unpaired) electrons. The molecule has 10 aromatic carbocycles. The number of hydrogen-bond donors (Lipinski definition) is 0. The van der Waals surface area contributed by atoms with Crippen molar-refractivity contribution in [3.8, 4) is 33.6 Å². The van der Waals surface area contributed by atoms with Gasteiger partial charge in [0.05, 0.1) is 22.1 Å². The fourth-order valence-electron chi connectivity index (χ4n) is 10.3. The minimum absolute atomic E-state index is 1.15. The Morgan fingerprint density at radius 2 is 0.730 bits per heavy atom. The first-order valence-electron chi connectivity index (χ1n) is 21.8. The zero-order chi connectivity index (χ0) is 41.7. The molecule has 12 rings (SSSR count). The molecule has 0 aliphatic rings. The van der Waals surface area contributed by atoms with E-state index in [0.29, 0.717) is 0 Å². The van der Waals surface area contributed by atoms with E-state index in [4.69, 9.17) is 0 Å². The average molecular weight is 819 g/mol. The van der Waals surface area contributed by atoms with E-state index in [-0.39, 0.29) is 0 Å². The molecular weight excluding hydrogens is 777 g/mol. The predicted octanol–water partition coefficient (Wildman–Crippen LogP) is 12.6. The van der Waals surface area contributed by atoms with Gasteiger partial charge in [0.1, 0.15) is 0 Å². The van der Waals surface area contributed by atoms with E-state index in [1.807, 2.05) is 0 Å². The Kier molecular flexibility index (Phi) is 8.87. The van der Waals surface area contributed by atoms with Crippen molar-refractivity contribution < 1.29 is 0 Å². The van der Waals surface area contributed by atoms with Crippen LogP contribution >= 0.6 is 0 Å². The molecule has 63 heavy (non-hydrogen) atoms. The Morgan fingerprint density at radius 1 is 0.254 bits per heavy atom. The maximum Gasteiger partial charge on any atom is 0.179 e. The van der Waals surface area contributed by atoms with Crippen molar-refractivity contribution in [3.05, 3.63) is 255 Å². The molecule has 0 saturated heterocycles. The summed E-state index contributed by atoms with van der Waals surface area (Å²) in [4.78, 5) is 0. The minimum Gasteiger partial charge on any atom is -0.309 e. The minimum atomic E-state index is -3.00. The van der Waals surface area contributed by atoms with Crippen LogP contribution in [-0.4, -0.2) is 17.2 Å². The van der Waals surface area contributed by atoms with Crippen LogP contribution in [0.25, 0.3) is 77.2 Å². The fourth-order valence-corrected chi connectivity index (χ4v) is 15.1. The lowest BCUT2D eigenvalue weighted by molar-refractivity contribution is 1.18. The summed E-state index contributed by atoms with van der Waals surface area (Å²) in [5.74, 6) is 0. The van der Waals surface area contributed by atoms with Crippen molar-refractivity contribution in [3.63, 3.8) is 0 Å². The molecule has 0 N–H and O–H groups in total. The van der Waals surface area contributed by atoms with Crippen molar-refractivity contribution >= 4 is 72.4 Å². The van der Waals surface area contributed by atoms with Gasteiger partial charge in [0.2, 0.25) is 0 Å². The molecule has 0 amide bonds. The molecule has 0 aliphatic heterocycles. The summed E-state index contributed by atoms with van der Waals surface area (Å²) < 4.78 is 4.97. The quantitative estimate of drug-likeness (QED) is 0.107. The SMILES string of the molecule is c1ccc(-c2ccc([Si](c3ccccc3)(c3cccc(-c4ccccc4)c3)c3cccc(-n4c5ccccc5c5c4ccc4c6ccccc6n(-c6ccccc6)c45)c3)cc2)cc1. The van der Waals surface area contributed by atoms with Gasteiger partial charge in [-0.25, -0.2) is 0 Å². The van der Waals surface area contributed by atoms with Gasteiger partial charge < -0.3 is 9.13 Å². The number of para-hydroxylation sites is 3. The molecule has 12 aromatic rings. The van der Waals surface area contributed by atoms with Gasteiger partial charge in [-0.2, -0.15) is 0 Å². The van der Waals surface area contributed by atoms with Crippen LogP contribution < -0.4 is 20.7 Å². The summed E-state index contributed by atoms with van der Waals surface area (Å²) in [5.41, 5.74) is 12.0. The summed E-state index contributed by atoms with van der Waals surface area (Å²) >= 11 is 0. The van der Waals surface area contributed by atoms with Gasteiger partial charge in [0.25, 0.3) is 0 Å². The lowest BCUT2D eigenvalue weighted by Gasteiger charge is -2.35. The molecule has 0 fully saturated rings. The summed E-state index contributed by atoms with van der Waals surface area (Å²) in [6, 6.07) is 94.4. The highest BCUT2D eigenvalue weighted by Gasteiger charge is 2.42. The number of aromatic nitrogens is 2. The number of benzene rings is 10. The van der Waals surface area contributed by atoms with E-state index in [0.717, 1.165) is 11.4 Å². The fraction of sp³-hybridized carbons (Fsp3) is 0. The predicted molar refractivity (Wildman–Crippen MR) is 270 cm³/mol. The van der Waals surface area contributed by atoms with Crippen molar-refractivity contribution in [1.82, 2.24) is 9.13 Å². The zero-order valence-electron chi connectivity index (χ0n) is 34.6. The molecule has 0 spiro atoms. The Hall–Kier alpha value is -7.98. The Morgan fingerprint density at radius 3 is 1.43 bits per heavy atom. The van der Waals surface area contributed by atoms with Gasteiger partial charge in [-0.05, 0) is 85.5 Å². The highest BCUT2D eigenvalue weighted by Crippen LogP contribution is 2.42. The van der Waals surface area contributed by atoms with E-state index in [2.05, 4.69) is 264 Å². The average Bonchev–Trinajstić information content (AvgIpc) is 3.89. The Balaban J connectivity index is 1.15. The highest BCUT2D eigenvalue weighted by molar-refractivity contribution is 7.20. The first-order valence-corrected chi connectivity index (χ1v) is 23.8. The van der Waals surface area contributed by atoms with Crippen LogP contribution in [0.15, 0.2) is 255 Å². The van der Waals surface area contributed by atoms with Gasteiger partial charge in [0.15, 0.2) is 8.07 Å². The highest BCUT2D eigenvalue weighted by atomic mass is 28.3. The summed E-state index contributed by atoms with van der Waals surface area (Å²) in [6.45, 7) is 0. The molecular formula is C60H42N2Si. The van der Waals surface area contributed by atoms with Crippen molar-refractivity contribution in [2.75, 3.05) is 0 Å². The molecule has 1 unspecified atom stereocenters.